The molecule has 0 aliphatic carbocycles. The summed E-state index contributed by atoms with van der Waals surface area (Å²) in [5.74, 6) is 1.96. The Balaban J connectivity index is 2.18. The third kappa shape index (κ3) is 2.70. The van der Waals surface area contributed by atoms with Crippen molar-refractivity contribution in [1.29, 1.82) is 0 Å². The van der Waals surface area contributed by atoms with E-state index < -0.39 is 0 Å². The lowest BCUT2D eigenvalue weighted by atomic mass is 10.0. The highest BCUT2D eigenvalue weighted by Crippen LogP contribution is 2.34. The normalized spacial score (nSPS) is 28.8. The van der Waals surface area contributed by atoms with Crippen molar-refractivity contribution in [1.82, 2.24) is 0 Å². The Hall–Kier alpha value is -0.180. The lowest BCUT2D eigenvalue weighted by Crippen LogP contribution is -2.11. The zero-order chi connectivity index (χ0) is 8.97. The molecule has 1 fully saturated rings. The van der Waals surface area contributed by atoms with Crippen LogP contribution >= 0.6 is 11.8 Å². The van der Waals surface area contributed by atoms with Crippen molar-refractivity contribution in [2.24, 2.45) is 5.92 Å². The molecule has 0 bridgehead atoms. The molecule has 3 heteroatoms. The summed E-state index contributed by atoms with van der Waals surface area (Å²) in [6.45, 7) is 2.27. The van der Waals surface area contributed by atoms with Crippen molar-refractivity contribution in [2.45, 2.75) is 31.4 Å². The third-order valence-corrected chi connectivity index (χ3v) is 4.00. The van der Waals surface area contributed by atoms with Gasteiger partial charge in [-0.05, 0) is 24.5 Å². The molecule has 0 radical (unpaired) electrons. The number of rotatable bonds is 3. The van der Waals surface area contributed by atoms with Crippen LogP contribution in [0.1, 0.15) is 26.2 Å². The fourth-order valence-electron chi connectivity index (χ4n) is 1.49. The minimum Gasteiger partial charge on any atom is -0.469 e. The standard InChI is InChI=1S/C9H16O2S/c1-7-5-6-12-8(7)3-4-9(10)11-2/h7-8H,3-6H2,1-2H3. The van der Waals surface area contributed by atoms with E-state index >= 15 is 0 Å². The quantitative estimate of drug-likeness (QED) is 0.634. The first-order chi connectivity index (χ1) is 5.74. The lowest BCUT2D eigenvalue weighted by Gasteiger charge is -2.12. The fraction of sp³-hybridized carbons (Fsp3) is 0.889. The van der Waals surface area contributed by atoms with E-state index in [-0.39, 0.29) is 5.97 Å². The number of ether oxygens (including phenoxy) is 1. The van der Waals surface area contributed by atoms with E-state index in [1.807, 2.05) is 11.8 Å². The van der Waals surface area contributed by atoms with Gasteiger partial charge in [-0.1, -0.05) is 6.92 Å². The lowest BCUT2D eigenvalue weighted by molar-refractivity contribution is -0.140. The van der Waals surface area contributed by atoms with E-state index in [0.717, 1.165) is 12.3 Å². The van der Waals surface area contributed by atoms with Gasteiger partial charge in [-0.25, -0.2) is 0 Å². The van der Waals surface area contributed by atoms with Crippen LogP contribution in [0, 0.1) is 5.92 Å². The summed E-state index contributed by atoms with van der Waals surface area (Å²) < 4.78 is 4.60. The van der Waals surface area contributed by atoms with Gasteiger partial charge in [-0.15, -0.1) is 0 Å². The van der Waals surface area contributed by atoms with Crippen LogP contribution in [0.4, 0.5) is 0 Å². The molecular weight excluding hydrogens is 172 g/mol. The predicted molar refractivity (Wildman–Crippen MR) is 51.3 cm³/mol. The number of esters is 1. The molecule has 0 spiro atoms. The zero-order valence-corrected chi connectivity index (χ0v) is 8.52. The minimum absolute atomic E-state index is 0.0744. The Morgan fingerprint density at radius 1 is 1.67 bits per heavy atom. The number of methoxy groups -OCH3 is 1. The van der Waals surface area contributed by atoms with Crippen LogP contribution in [0.15, 0.2) is 0 Å². The molecule has 0 aromatic carbocycles. The van der Waals surface area contributed by atoms with Crippen molar-refractivity contribution >= 4 is 17.7 Å². The van der Waals surface area contributed by atoms with Crippen LogP contribution in [0.3, 0.4) is 0 Å². The van der Waals surface area contributed by atoms with Gasteiger partial charge in [0, 0.05) is 11.7 Å². The summed E-state index contributed by atoms with van der Waals surface area (Å²) >= 11 is 2.00. The first-order valence-corrected chi connectivity index (χ1v) is 5.47. The Labute approximate surface area is 78.1 Å². The number of thioether (sulfide) groups is 1. The molecule has 70 valence electrons. The highest BCUT2D eigenvalue weighted by atomic mass is 32.2. The first-order valence-electron chi connectivity index (χ1n) is 4.42. The smallest absolute Gasteiger partial charge is 0.305 e. The fourth-order valence-corrected chi connectivity index (χ4v) is 3.05. The highest BCUT2D eigenvalue weighted by molar-refractivity contribution is 8.00. The van der Waals surface area contributed by atoms with Gasteiger partial charge >= 0.3 is 5.97 Å². The van der Waals surface area contributed by atoms with E-state index in [9.17, 15) is 4.79 Å². The zero-order valence-electron chi connectivity index (χ0n) is 7.71. The summed E-state index contributed by atoms with van der Waals surface area (Å²) in [5, 5.41) is 0.684. The van der Waals surface area contributed by atoms with Gasteiger partial charge < -0.3 is 4.74 Å². The molecule has 2 nitrogen and oxygen atoms in total. The molecule has 0 saturated carbocycles. The molecule has 1 aliphatic heterocycles. The first kappa shape index (κ1) is 9.90. The van der Waals surface area contributed by atoms with Crippen LogP contribution in [-0.4, -0.2) is 24.1 Å². The molecule has 0 aromatic rings. The van der Waals surface area contributed by atoms with Crippen molar-refractivity contribution in [2.75, 3.05) is 12.9 Å². The van der Waals surface area contributed by atoms with Crippen LogP contribution in [0.5, 0.6) is 0 Å². The Morgan fingerprint density at radius 3 is 2.92 bits per heavy atom. The van der Waals surface area contributed by atoms with Gasteiger partial charge in [0.05, 0.1) is 7.11 Å². The van der Waals surface area contributed by atoms with Crippen LogP contribution in [0.2, 0.25) is 0 Å². The maximum absolute atomic E-state index is 10.8. The van der Waals surface area contributed by atoms with Crippen LogP contribution in [0.25, 0.3) is 0 Å². The molecule has 1 saturated heterocycles. The maximum Gasteiger partial charge on any atom is 0.305 e. The molecular formula is C9H16O2S. The van der Waals surface area contributed by atoms with E-state index in [1.54, 1.807) is 0 Å². The Morgan fingerprint density at radius 2 is 2.42 bits per heavy atom. The van der Waals surface area contributed by atoms with E-state index in [1.165, 1.54) is 19.3 Å². The topological polar surface area (TPSA) is 26.3 Å². The van der Waals surface area contributed by atoms with E-state index in [0.29, 0.717) is 11.7 Å². The molecule has 0 amide bonds. The second kappa shape index (κ2) is 4.75. The summed E-state index contributed by atoms with van der Waals surface area (Å²) in [5.41, 5.74) is 0. The van der Waals surface area contributed by atoms with Gasteiger partial charge in [-0.2, -0.15) is 11.8 Å². The Bertz CT molecular complexity index is 159. The van der Waals surface area contributed by atoms with Gasteiger partial charge in [0.1, 0.15) is 0 Å². The summed E-state index contributed by atoms with van der Waals surface area (Å²) in [4.78, 5) is 10.8. The number of carbonyl (C=O) groups excluding carboxylic acids is 1. The summed E-state index contributed by atoms with van der Waals surface area (Å²) in [6.07, 6.45) is 2.87. The van der Waals surface area contributed by atoms with Gasteiger partial charge in [0.25, 0.3) is 0 Å². The van der Waals surface area contributed by atoms with Crippen LogP contribution < -0.4 is 0 Å². The number of hydrogen-bond acceptors (Lipinski definition) is 3. The Kier molecular flexibility index (Phi) is 3.92. The number of hydrogen-bond donors (Lipinski definition) is 0. The predicted octanol–water partition coefficient (Wildman–Crippen LogP) is 2.08. The SMILES string of the molecule is COC(=O)CCC1SCCC1C. The molecule has 1 heterocycles. The molecule has 0 aromatic heterocycles. The average molecular weight is 188 g/mol. The molecule has 1 aliphatic rings. The third-order valence-electron chi connectivity index (χ3n) is 2.40. The molecule has 2 unspecified atom stereocenters. The number of carbonyl (C=O) groups is 1. The average Bonchev–Trinajstić information content (AvgIpc) is 2.47. The molecule has 2 atom stereocenters. The second-order valence-electron chi connectivity index (χ2n) is 3.29. The van der Waals surface area contributed by atoms with Crippen molar-refractivity contribution < 1.29 is 9.53 Å². The largest absolute Gasteiger partial charge is 0.469 e. The maximum atomic E-state index is 10.8. The van der Waals surface area contributed by atoms with E-state index in [4.69, 9.17) is 0 Å². The van der Waals surface area contributed by atoms with Gasteiger partial charge in [0.15, 0.2) is 0 Å². The highest BCUT2D eigenvalue weighted by Gasteiger charge is 2.24. The molecule has 12 heavy (non-hydrogen) atoms. The minimum atomic E-state index is -0.0744. The summed E-state index contributed by atoms with van der Waals surface area (Å²) in [6, 6.07) is 0. The second-order valence-corrected chi connectivity index (χ2v) is 4.64. The van der Waals surface area contributed by atoms with Crippen molar-refractivity contribution in [3.63, 3.8) is 0 Å². The van der Waals surface area contributed by atoms with Crippen molar-refractivity contribution in [3.05, 3.63) is 0 Å². The summed E-state index contributed by atoms with van der Waals surface area (Å²) in [7, 11) is 1.45. The van der Waals surface area contributed by atoms with Gasteiger partial charge in [0.2, 0.25) is 0 Å². The molecule has 0 N–H and O–H groups in total. The van der Waals surface area contributed by atoms with E-state index in [2.05, 4.69) is 11.7 Å². The van der Waals surface area contributed by atoms with Crippen LogP contribution in [-0.2, 0) is 9.53 Å². The molecule has 1 rings (SSSR count). The van der Waals surface area contributed by atoms with Gasteiger partial charge in [-0.3, -0.25) is 4.79 Å². The monoisotopic (exact) mass is 188 g/mol. The van der Waals surface area contributed by atoms with Crippen molar-refractivity contribution in [3.8, 4) is 0 Å².